The molecule has 1 aliphatic carbocycles. The van der Waals surface area contributed by atoms with E-state index in [4.69, 9.17) is 5.73 Å². The van der Waals surface area contributed by atoms with E-state index in [0.29, 0.717) is 12.2 Å². The smallest absolute Gasteiger partial charge is 0.202 e. The van der Waals surface area contributed by atoms with Crippen LogP contribution in [0.1, 0.15) is 30.3 Å². The van der Waals surface area contributed by atoms with Crippen LogP contribution >= 0.6 is 0 Å². The molecule has 1 aromatic rings. The molecule has 13 heavy (non-hydrogen) atoms. The van der Waals surface area contributed by atoms with Gasteiger partial charge in [0.1, 0.15) is 5.69 Å². The van der Waals surface area contributed by atoms with E-state index < -0.39 is 5.54 Å². The Labute approximate surface area is 75.9 Å². The molecule has 0 radical (unpaired) electrons. The lowest BCUT2D eigenvalue weighted by Crippen LogP contribution is -2.34. The summed E-state index contributed by atoms with van der Waals surface area (Å²) < 4.78 is 1.58. The van der Waals surface area contributed by atoms with Crippen molar-refractivity contribution in [2.75, 3.05) is 0 Å². The number of ketones is 1. The minimum Gasteiger partial charge on any atom is -0.319 e. The van der Waals surface area contributed by atoms with E-state index in [1.54, 1.807) is 4.68 Å². The summed E-state index contributed by atoms with van der Waals surface area (Å²) in [5.41, 5.74) is 5.70. The number of hydrogen-bond donors (Lipinski definition) is 1. The first kappa shape index (κ1) is 8.37. The molecule has 0 saturated heterocycles. The number of Topliss-reactive ketones (excluding diaryl/α,β-unsaturated/α-hetero) is 1. The summed E-state index contributed by atoms with van der Waals surface area (Å²) in [4.78, 5) is 11.7. The summed E-state index contributed by atoms with van der Waals surface area (Å²) in [6.45, 7) is 2.57. The number of nitrogens with zero attached hydrogens (tertiary/aromatic N) is 3. The zero-order valence-corrected chi connectivity index (χ0v) is 7.53. The number of hydrogen-bond acceptors (Lipinski definition) is 4. The molecule has 1 heterocycles. The Balaban J connectivity index is 2.29. The Morgan fingerprint density at radius 3 is 3.00 bits per heavy atom. The fourth-order valence-electron chi connectivity index (χ4n) is 1.28. The van der Waals surface area contributed by atoms with Gasteiger partial charge in [-0.15, -0.1) is 5.10 Å². The van der Waals surface area contributed by atoms with E-state index >= 15 is 0 Å². The molecule has 1 fully saturated rings. The molecule has 0 unspecified atom stereocenters. The van der Waals surface area contributed by atoms with Crippen molar-refractivity contribution in [2.24, 2.45) is 5.73 Å². The lowest BCUT2D eigenvalue weighted by atomic mass is 10.1. The van der Waals surface area contributed by atoms with Crippen molar-refractivity contribution in [3.63, 3.8) is 0 Å². The Morgan fingerprint density at radius 1 is 1.77 bits per heavy atom. The maximum absolute atomic E-state index is 11.7. The second-order valence-corrected chi connectivity index (χ2v) is 3.42. The van der Waals surface area contributed by atoms with Crippen LogP contribution in [0.3, 0.4) is 0 Å². The normalized spacial score (nSPS) is 18.6. The molecule has 0 atom stereocenters. The molecule has 0 aromatic carbocycles. The maximum atomic E-state index is 11.7. The van der Waals surface area contributed by atoms with Gasteiger partial charge in [-0.3, -0.25) is 4.79 Å². The van der Waals surface area contributed by atoms with Crippen molar-refractivity contribution in [3.05, 3.63) is 11.9 Å². The summed E-state index contributed by atoms with van der Waals surface area (Å²) in [7, 11) is 0. The predicted molar refractivity (Wildman–Crippen MR) is 46.2 cm³/mol. The molecular weight excluding hydrogens is 168 g/mol. The first-order chi connectivity index (χ1) is 6.17. The number of aromatic nitrogens is 3. The Bertz CT molecular complexity index is 340. The van der Waals surface area contributed by atoms with E-state index in [0.717, 1.165) is 12.8 Å². The highest BCUT2D eigenvalue weighted by Crippen LogP contribution is 2.35. The number of carbonyl (C=O) groups is 1. The lowest BCUT2D eigenvalue weighted by molar-refractivity contribution is 0.0938. The first-order valence-corrected chi connectivity index (χ1v) is 4.39. The molecule has 0 aliphatic heterocycles. The first-order valence-electron chi connectivity index (χ1n) is 4.39. The average Bonchev–Trinajstić information content (AvgIpc) is 2.71. The third-order valence-corrected chi connectivity index (χ3v) is 2.39. The number of aryl methyl sites for hydroxylation is 1. The summed E-state index contributed by atoms with van der Waals surface area (Å²) in [6, 6.07) is 0. The molecule has 0 amide bonds. The van der Waals surface area contributed by atoms with Gasteiger partial charge in [-0.25, -0.2) is 4.68 Å². The van der Waals surface area contributed by atoms with Crippen LogP contribution in [0.25, 0.3) is 0 Å². The molecule has 0 spiro atoms. The second kappa shape index (κ2) is 2.63. The summed E-state index contributed by atoms with van der Waals surface area (Å²) in [5, 5.41) is 7.48. The largest absolute Gasteiger partial charge is 0.319 e. The van der Waals surface area contributed by atoms with Crippen LogP contribution in [0.15, 0.2) is 6.20 Å². The van der Waals surface area contributed by atoms with Crippen molar-refractivity contribution < 1.29 is 4.79 Å². The summed E-state index contributed by atoms with van der Waals surface area (Å²) in [5.74, 6) is -0.0284. The van der Waals surface area contributed by atoms with Crippen LogP contribution in [0.2, 0.25) is 0 Å². The molecule has 2 rings (SSSR count). The lowest BCUT2D eigenvalue weighted by Gasteiger charge is -2.06. The van der Waals surface area contributed by atoms with Gasteiger partial charge in [0.15, 0.2) is 0 Å². The Morgan fingerprint density at radius 2 is 2.46 bits per heavy atom. The van der Waals surface area contributed by atoms with E-state index in [2.05, 4.69) is 10.3 Å². The average molecular weight is 180 g/mol. The van der Waals surface area contributed by atoms with Gasteiger partial charge in [0.05, 0.1) is 11.7 Å². The Kier molecular flexibility index (Phi) is 1.69. The third kappa shape index (κ3) is 1.25. The minimum absolute atomic E-state index is 0.0284. The predicted octanol–water partition coefficient (Wildman–Crippen LogP) is -0.0280. The molecular formula is C8H12N4O. The van der Waals surface area contributed by atoms with Crippen LogP contribution in [-0.4, -0.2) is 26.3 Å². The Hall–Kier alpha value is -1.23. The highest BCUT2D eigenvalue weighted by atomic mass is 16.1. The van der Waals surface area contributed by atoms with E-state index in [1.165, 1.54) is 6.20 Å². The number of carbonyl (C=O) groups excluding carboxylic acids is 1. The third-order valence-electron chi connectivity index (χ3n) is 2.39. The minimum atomic E-state index is -0.616. The van der Waals surface area contributed by atoms with Crippen molar-refractivity contribution in [2.45, 2.75) is 31.8 Å². The van der Waals surface area contributed by atoms with Crippen LogP contribution in [0, 0.1) is 0 Å². The molecule has 2 N–H and O–H groups in total. The fraction of sp³-hybridized carbons (Fsp3) is 0.625. The maximum Gasteiger partial charge on any atom is 0.202 e. The van der Waals surface area contributed by atoms with Crippen LogP contribution in [0.5, 0.6) is 0 Å². The van der Waals surface area contributed by atoms with E-state index in [9.17, 15) is 4.79 Å². The molecule has 5 heteroatoms. The fourth-order valence-corrected chi connectivity index (χ4v) is 1.28. The van der Waals surface area contributed by atoms with E-state index in [-0.39, 0.29) is 5.78 Å². The zero-order chi connectivity index (χ0) is 9.47. The molecule has 0 bridgehead atoms. The number of nitrogens with two attached hydrogens (primary N) is 1. The van der Waals surface area contributed by atoms with Crippen molar-refractivity contribution >= 4 is 5.78 Å². The van der Waals surface area contributed by atoms with Crippen molar-refractivity contribution in [1.29, 1.82) is 0 Å². The van der Waals surface area contributed by atoms with Crippen LogP contribution in [0.4, 0.5) is 0 Å². The van der Waals surface area contributed by atoms with Crippen molar-refractivity contribution in [3.8, 4) is 0 Å². The van der Waals surface area contributed by atoms with Gasteiger partial charge >= 0.3 is 0 Å². The van der Waals surface area contributed by atoms with Crippen LogP contribution < -0.4 is 5.73 Å². The van der Waals surface area contributed by atoms with E-state index in [1.807, 2.05) is 6.92 Å². The monoisotopic (exact) mass is 180 g/mol. The molecule has 1 aliphatic rings. The molecule has 1 saturated carbocycles. The van der Waals surface area contributed by atoms with Gasteiger partial charge in [-0.05, 0) is 19.8 Å². The summed E-state index contributed by atoms with van der Waals surface area (Å²) in [6.07, 6.45) is 3.04. The van der Waals surface area contributed by atoms with Crippen molar-refractivity contribution in [1.82, 2.24) is 15.0 Å². The molecule has 1 aromatic heterocycles. The van der Waals surface area contributed by atoms with Crippen LogP contribution in [-0.2, 0) is 6.54 Å². The van der Waals surface area contributed by atoms with Gasteiger partial charge in [0.2, 0.25) is 5.78 Å². The summed E-state index contributed by atoms with van der Waals surface area (Å²) >= 11 is 0. The number of rotatable bonds is 3. The second-order valence-electron chi connectivity index (χ2n) is 3.42. The highest BCUT2D eigenvalue weighted by Gasteiger charge is 2.47. The molecule has 70 valence electrons. The van der Waals surface area contributed by atoms with Gasteiger partial charge in [0, 0.05) is 6.54 Å². The topological polar surface area (TPSA) is 73.8 Å². The quantitative estimate of drug-likeness (QED) is 0.663. The van der Waals surface area contributed by atoms with Gasteiger partial charge in [-0.2, -0.15) is 0 Å². The zero-order valence-electron chi connectivity index (χ0n) is 7.53. The molecule has 5 nitrogen and oxygen atoms in total. The highest BCUT2D eigenvalue weighted by molar-refractivity contribution is 6.03. The van der Waals surface area contributed by atoms with Gasteiger partial charge in [0.25, 0.3) is 0 Å². The van der Waals surface area contributed by atoms with Gasteiger partial charge in [-0.1, -0.05) is 5.21 Å². The van der Waals surface area contributed by atoms with Gasteiger partial charge < -0.3 is 5.73 Å². The standard InChI is InChI=1S/C8H12N4O/c1-2-12-6(5-10-11-12)7(13)8(9)3-4-8/h5H,2-4,9H2,1H3. The SMILES string of the molecule is CCn1nncc1C(=O)C1(N)CC1.